The van der Waals surface area contributed by atoms with Gasteiger partial charge in [-0.1, -0.05) is 66.2 Å². The predicted molar refractivity (Wildman–Crippen MR) is 158 cm³/mol. The lowest BCUT2D eigenvalue weighted by Crippen LogP contribution is -2.55. The fourth-order valence-electron chi connectivity index (χ4n) is 6.01. The van der Waals surface area contributed by atoms with Crippen molar-refractivity contribution in [2.75, 3.05) is 26.2 Å². The molecule has 1 N–H and O–H groups in total. The summed E-state index contributed by atoms with van der Waals surface area (Å²) >= 11 is 6.27. The maximum absolute atomic E-state index is 13.9. The van der Waals surface area contributed by atoms with E-state index < -0.39 is 5.41 Å². The number of rotatable bonds is 8. The van der Waals surface area contributed by atoms with Crippen LogP contribution in [0.4, 0.5) is 0 Å². The summed E-state index contributed by atoms with van der Waals surface area (Å²) < 4.78 is 6.02. The van der Waals surface area contributed by atoms with Crippen LogP contribution < -0.4 is 10.1 Å². The van der Waals surface area contributed by atoms with Gasteiger partial charge in [-0.2, -0.15) is 0 Å². The normalized spacial score (nSPS) is 18.7. The van der Waals surface area contributed by atoms with E-state index in [9.17, 15) is 4.79 Å². The van der Waals surface area contributed by atoms with Crippen molar-refractivity contribution in [1.82, 2.24) is 15.1 Å². The maximum Gasteiger partial charge on any atom is 0.230 e. The quantitative estimate of drug-likeness (QED) is 0.344. The van der Waals surface area contributed by atoms with Crippen LogP contribution in [-0.2, 0) is 16.8 Å². The van der Waals surface area contributed by atoms with E-state index in [4.69, 9.17) is 16.3 Å². The summed E-state index contributed by atoms with van der Waals surface area (Å²) in [6.45, 7) is 9.17. The summed E-state index contributed by atoms with van der Waals surface area (Å²) in [6, 6.07) is 26.9. The number of ether oxygens (including phenoxy) is 1. The second-order valence-electron chi connectivity index (χ2n) is 11.3. The van der Waals surface area contributed by atoms with E-state index in [2.05, 4.69) is 65.4 Å². The smallest absolute Gasteiger partial charge is 0.230 e. The Morgan fingerprint density at radius 2 is 1.64 bits per heavy atom. The third-order valence-electron chi connectivity index (χ3n) is 8.43. The van der Waals surface area contributed by atoms with E-state index in [-0.39, 0.29) is 11.9 Å². The molecule has 5 nitrogen and oxygen atoms in total. The number of nitrogens with one attached hydrogen (secondary N) is 1. The Labute approximate surface area is 238 Å². The first kappa shape index (κ1) is 27.7. The molecule has 2 saturated heterocycles. The third kappa shape index (κ3) is 6.66. The minimum atomic E-state index is -0.439. The molecule has 1 amide bonds. The SMILES string of the molecule is CC(C)N1CCC(C(=O)NC2CCN(Cc3cccc(Oc4ccccc4Cl)c3)CC2)(c2ccccc2)CC1. The molecule has 0 atom stereocenters. The van der Waals surface area contributed by atoms with Gasteiger partial charge in [0.15, 0.2) is 0 Å². The molecule has 39 heavy (non-hydrogen) atoms. The van der Waals surface area contributed by atoms with Crippen molar-refractivity contribution in [2.45, 2.75) is 63.6 Å². The second kappa shape index (κ2) is 12.5. The zero-order chi connectivity index (χ0) is 27.2. The van der Waals surface area contributed by atoms with E-state index in [0.717, 1.165) is 69.7 Å². The van der Waals surface area contributed by atoms with Crippen molar-refractivity contribution in [1.29, 1.82) is 0 Å². The number of carbonyl (C=O) groups is 1. The number of halogens is 1. The molecular weight excluding hydrogens is 506 g/mol. The Morgan fingerprint density at radius 3 is 2.33 bits per heavy atom. The molecule has 5 rings (SSSR count). The summed E-state index contributed by atoms with van der Waals surface area (Å²) in [5.41, 5.74) is 1.93. The Morgan fingerprint density at radius 1 is 0.949 bits per heavy atom. The molecule has 0 unspecified atom stereocenters. The molecule has 0 saturated carbocycles. The summed E-state index contributed by atoms with van der Waals surface area (Å²) in [4.78, 5) is 18.8. The Kier molecular flexibility index (Phi) is 8.91. The highest BCUT2D eigenvalue weighted by atomic mass is 35.5. The van der Waals surface area contributed by atoms with E-state index in [1.165, 1.54) is 5.56 Å². The fraction of sp³-hybridized carbons (Fsp3) is 0.424. The van der Waals surface area contributed by atoms with E-state index in [1.807, 2.05) is 42.5 Å². The number of para-hydroxylation sites is 1. The predicted octanol–water partition coefficient (Wildman–Crippen LogP) is 6.66. The summed E-state index contributed by atoms with van der Waals surface area (Å²) in [5, 5.41) is 4.08. The molecule has 0 spiro atoms. The van der Waals surface area contributed by atoms with Crippen LogP contribution in [0.25, 0.3) is 0 Å². The molecule has 2 aliphatic heterocycles. The van der Waals surface area contributed by atoms with E-state index >= 15 is 0 Å². The number of amides is 1. The highest BCUT2D eigenvalue weighted by molar-refractivity contribution is 6.32. The minimum Gasteiger partial charge on any atom is -0.456 e. The number of piperidine rings is 2. The second-order valence-corrected chi connectivity index (χ2v) is 11.7. The van der Waals surface area contributed by atoms with Gasteiger partial charge in [-0.05, 0) is 88.0 Å². The molecule has 3 aromatic rings. The molecule has 2 aliphatic rings. The van der Waals surface area contributed by atoms with Gasteiger partial charge in [0.25, 0.3) is 0 Å². The Bertz CT molecular complexity index is 1230. The van der Waals surface area contributed by atoms with Crippen LogP contribution in [0.2, 0.25) is 5.02 Å². The molecule has 0 bridgehead atoms. The molecule has 0 aliphatic carbocycles. The number of hydrogen-bond acceptors (Lipinski definition) is 4. The minimum absolute atomic E-state index is 0.208. The van der Waals surface area contributed by atoms with Crippen molar-refractivity contribution in [3.05, 3.63) is 95.0 Å². The van der Waals surface area contributed by atoms with Gasteiger partial charge in [0.1, 0.15) is 11.5 Å². The van der Waals surface area contributed by atoms with Crippen molar-refractivity contribution in [2.24, 2.45) is 0 Å². The van der Waals surface area contributed by atoms with Crippen molar-refractivity contribution >= 4 is 17.5 Å². The van der Waals surface area contributed by atoms with Crippen LogP contribution in [0.3, 0.4) is 0 Å². The lowest BCUT2D eigenvalue weighted by Gasteiger charge is -2.43. The van der Waals surface area contributed by atoms with Crippen LogP contribution in [0.15, 0.2) is 78.9 Å². The van der Waals surface area contributed by atoms with Crippen LogP contribution in [0.1, 0.15) is 50.7 Å². The van der Waals surface area contributed by atoms with Crippen LogP contribution in [0.5, 0.6) is 11.5 Å². The molecular formula is C33H40ClN3O2. The number of likely N-dealkylation sites (tertiary alicyclic amines) is 2. The summed E-state index contributed by atoms with van der Waals surface area (Å²) in [5.74, 6) is 1.66. The van der Waals surface area contributed by atoms with Gasteiger partial charge in [0, 0.05) is 31.7 Å². The summed E-state index contributed by atoms with van der Waals surface area (Å²) in [7, 11) is 0. The third-order valence-corrected chi connectivity index (χ3v) is 8.75. The molecule has 2 heterocycles. The maximum atomic E-state index is 13.9. The first-order valence-electron chi connectivity index (χ1n) is 14.3. The molecule has 0 radical (unpaired) electrons. The number of carbonyl (C=O) groups excluding carboxylic acids is 1. The van der Waals surface area contributed by atoms with Gasteiger partial charge in [-0.25, -0.2) is 0 Å². The first-order chi connectivity index (χ1) is 18.9. The zero-order valence-corrected chi connectivity index (χ0v) is 23.9. The largest absolute Gasteiger partial charge is 0.456 e. The Balaban J connectivity index is 1.17. The van der Waals surface area contributed by atoms with Crippen LogP contribution in [-0.4, -0.2) is 54.0 Å². The molecule has 6 heteroatoms. The average molecular weight is 546 g/mol. The Hall–Kier alpha value is -2.86. The highest BCUT2D eigenvalue weighted by Crippen LogP contribution is 2.37. The van der Waals surface area contributed by atoms with Crippen molar-refractivity contribution in [3.8, 4) is 11.5 Å². The van der Waals surface area contributed by atoms with Gasteiger partial charge >= 0.3 is 0 Å². The molecule has 3 aromatic carbocycles. The number of hydrogen-bond donors (Lipinski definition) is 1. The summed E-state index contributed by atoms with van der Waals surface area (Å²) in [6.07, 6.45) is 3.66. The lowest BCUT2D eigenvalue weighted by molar-refractivity contribution is -0.130. The van der Waals surface area contributed by atoms with Gasteiger partial charge in [-0.3, -0.25) is 9.69 Å². The zero-order valence-electron chi connectivity index (χ0n) is 23.1. The lowest BCUT2D eigenvalue weighted by atomic mass is 9.71. The highest BCUT2D eigenvalue weighted by Gasteiger charge is 2.43. The molecule has 2 fully saturated rings. The van der Waals surface area contributed by atoms with Crippen molar-refractivity contribution in [3.63, 3.8) is 0 Å². The standard InChI is InChI=1S/C33H40ClN3O2/c1-25(2)37-21-17-33(18-22-37,27-10-4-3-5-11-27)32(38)35-28-15-19-36(20-16-28)24-26-9-8-12-29(23-26)39-31-14-7-6-13-30(31)34/h3-14,23,25,28H,15-22,24H2,1-2H3,(H,35,38). The van der Waals surface area contributed by atoms with Crippen LogP contribution >= 0.6 is 11.6 Å². The van der Waals surface area contributed by atoms with Crippen molar-refractivity contribution < 1.29 is 9.53 Å². The molecule has 0 aromatic heterocycles. The first-order valence-corrected chi connectivity index (χ1v) is 14.6. The topological polar surface area (TPSA) is 44.8 Å². The fourth-order valence-corrected chi connectivity index (χ4v) is 6.18. The average Bonchev–Trinajstić information content (AvgIpc) is 2.96. The molecule has 206 valence electrons. The van der Waals surface area contributed by atoms with E-state index in [0.29, 0.717) is 16.8 Å². The monoisotopic (exact) mass is 545 g/mol. The van der Waals surface area contributed by atoms with Crippen LogP contribution in [0, 0.1) is 0 Å². The van der Waals surface area contributed by atoms with Gasteiger partial charge < -0.3 is 15.0 Å². The van der Waals surface area contributed by atoms with E-state index in [1.54, 1.807) is 0 Å². The number of benzene rings is 3. The van der Waals surface area contributed by atoms with Gasteiger partial charge in [0.2, 0.25) is 5.91 Å². The van der Waals surface area contributed by atoms with Gasteiger partial charge in [0.05, 0.1) is 10.4 Å². The number of nitrogens with zero attached hydrogens (tertiary/aromatic N) is 2. The van der Waals surface area contributed by atoms with Gasteiger partial charge in [-0.15, -0.1) is 0 Å².